The Balaban J connectivity index is 3.11. The highest BCUT2D eigenvalue weighted by Gasteiger charge is 2.18. The van der Waals surface area contributed by atoms with Gasteiger partial charge in [0.1, 0.15) is 5.69 Å². The summed E-state index contributed by atoms with van der Waals surface area (Å²) >= 11 is 5.51. The first-order valence-corrected chi connectivity index (χ1v) is 4.56. The van der Waals surface area contributed by atoms with Crippen molar-refractivity contribution >= 4 is 17.6 Å². The molecule has 0 saturated heterocycles. The van der Waals surface area contributed by atoms with Gasteiger partial charge < -0.3 is 9.84 Å². The lowest BCUT2D eigenvalue weighted by molar-refractivity contribution is -0.139. The maximum Gasteiger partial charge on any atom is 0.311 e. The van der Waals surface area contributed by atoms with Gasteiger partial charge in [-0.05, 0) is 6.07 Å². The van der Waals surface area contributed by atoms with Gasteiger partial charge in [-0.3, -0.25) is 4.79 Å². The molecule has 0 saturated carbocycles. The molecule has 4 nitrogen and oxygen atoms in total. The molecule has 16 heavy (non-hydrogen) atoms. The standard InChI is InChI=1S/C9H8ClF2NO3/c1-16-7(14)3-5-8(15)4(10)2-6(13-5)9(11)12/h2,9,15H,3H2,1H3. The zero-order valence-electron chi connectivity index (χ0n) is 8.21. The van der Waals surface area contributed by atoms with Crippen LogP contribution in [0, 0.1) is 0 Å². The summed E-state index contributed by atoms with van der Waals surface area (Å²) in [5.41, 5.74) is -0.823. The third-order valence-electron chi connectivity index (χ3n) is 1.80. The predicted molar refractivity (Wildman–Crippen MR) is 51.6 cm³/mol. The number of alkyl halides is 2. The van der Waals surface area contributed by atoms with Gasteiger partial charge in [0.05, 0.1) is 24.2 Å². The third kappa shape index (κ3) is 2.79. The summed E-state index contributed by atoms with van der Waals surface area (Å²) in [7, 11) is 1.14. The van der Waals surface area contributed by atoms with Crippen LogP contribution in [0.15, 0.2) is 6.07 Å². The molecule has 0 aliphatic rings. The van der Waals surface area contributed by atoms with Crippen molar-refractivity contribution in [2.24, 2.45) is 0 Å². The SMILES string of the molecule is COC(=O)Cc1nc(C(F)F)cc(Cl)c1O. The van der Waals surface area contributed by atoms with Crippen molar-refractivity contribution in [3.8, 4) is 5.75 Å². The molecule has 88 valence electrons. The summed E-state index contributed by atoms with van der Waals surface area (Å²) in [6, 6.07) is 0.850. The Morgan fingerprint density at radius 1 is 1.69 bits per heavy atom. The van der Waals surface area contributed by atoms with Crippen LogP contribution in [0.3, 0.4) is 0 Å². The first-order chi connectivity index (χ1) is 7.45. The quantitative estimate of drug-likeness (QED) is 0.836. The second-order valence-electron chi connectivity index (χ2n) is 2.88. The van der Waals surface area contributed by atoms with Gasteiger partial charge in [-0.15, -0.1) is 0 Å². The first-order valence-electron chi connectivity index (χ1n) is 4.19. The molecule has 0 aromatic carbocycles. The Hall–Kier alpha value is -1.43. The number of carbonyl (C=O) groups is 1. The zero-order valence-corrected chi connectivity index (χ0v) is 8.96. The lowest BCUT2D eigenvalue weighted by Crippen LogP contribution is -2.08. The molecule has 0 atom stereocenters. The smallest absolute Gasteiger partial charge is 0.311 e. The van der Waals surface area contributed by atoms with Crippen LogP contribution in [0.2, 0.25) is 5.02 Å². The fourth-order valence-electron chi connectivity index (χ4n) is 1.02. The van der Waals surface area contributed by atoms with Crippen LogP contribution >= 0.6 is 11.6 Å². The summed E-state index contributed by atoms with van der Waals surface area (Å²) in [6.45, 7) is 0. The minimum Gasteiger partial charge on any atom is -0.505 e. The number of carbonyl (C=O) groups excluding carboxylic acids is 1. The fraction of sp³-hybridized carbons (Fsp3) is 0.333. The van der Waals surface area contributed by atoms with E-state index in [0.29, 0.717) is 0 Å². The lowest BCUT2D eigenvalue weighted by atomic mass is 10.2. The largest absolute Gasteiger partial charge is 0.505 e. The second kappa shape index (κ2) is 5.07. The summed E-state index contributed by atoms with van der Waals surface area (Å²) in [5, 5.41) is 9.13. The molecule has 0 aliphatic heterocycles. The number of hydrogen-bond acceptors (Lipinski definition) is 4. The normalized spacial score (nSPS) is 10.6. The summed E-state index contributed by atoms with van der Waals surface area (Å²) in [6.07, 6.45) is -3.24. The Morgan fingerprint density at radius 3 is 2.81 bits per heavy atom. The Morgan fingerprint density at radius 2 is 2.31 bits per heavy atom. The summed E-state index contributed by atoms with van der Waals surface area (Å²) < 4.78 is 29.0. The fourth-order valence-corrected chi connectivity index (χ4v) is 1.24. The number of esters is 1. The Kier molecular flexibility index (Phi) is 4.00. The number of rotatable bonds is 3. The number of halogens is 3. The van der Waals surface area contributed by atoms with E-state index in [2.05, 4.69) is 9.72 Å². The van der Waals surface area contributed by atoms with Crippen LogP contribution < -0.4 is 0 Å². The molecule has 1 aromatic rings. The van der Waals surface area contributed by atoms with Crippen LogP contribution in [0.1, 0.15) is 17.8 Å². The number of aromatic hydroxyl groups is 1. The van der Waals surface area contributed by atoms with Gasteiger partial charge in [-0.1, -0.05) is 11.6 Å². The minimum atomic E-state index is -2.82. The topological polar surface area (TPSA) is 59.4 Å². The van der Waals surface area contributed by atoms with Crippen molar-refractivity contribution in [3.63, 3.8) is 0 Å². The van der Waals surface area contributed by atoms with Gasteiger partial charge in [-0.2, -0.15) is 0 Å². The predicted octanol–water partition coefficient (Wildman–Crippen LogP) is 2.09. The van der Waals surface area contributed by atoms with Crippen molar-refractivity contribution in [1.29, 1.82) is 0 Å². The van der Waals surface area contributed by atoms with Crippen molar-refractivity contribution < 1.29 is 23.4 Å². The minimum absolute atomic E-state index is 0.227. The molecular weight excluding hydrogens is 244 g/mol. The molecule has 1 rings (SSSR count). The second-order valence-corrected chi connectivity index (χ2v) is 3.29. The highest BCUT2D eigenvalue weighted by Crippen LogP contribution is 2.30. The number of pyridine rings is 1. The summed E-state index contributed by atoms with van der Waals surface area (Å²) in [4.78, 5) is 14.4. The van der Waals surface area contributed by atoms with Crippen molar-refractivity contribution in [2.45, 2.75) is 12.8 Å². The first kappa shape index (κ1) is 12.6. The van der Waals surface area contributed by atoms with E-state index in [9.17, 15) is 18.7 Å². The van der Waals surface area contributed by atoms with Crippen molar-refractivity contribution in [3.05, 3.63) is 22.5 Å². The van der Waals surface area contributed by atoms with Crippen molar-refractivity contribution in [2.75, 3.05) is 7.11 Å². The highest BCUT2D eigenvalue weighted by molar-refractivity contribution is 6.32. The molecule has 0 aliphatic carbocycles. The van der Waals surface area contributed by atoms with Gasteiger partial charge in [0.15, 0.2) is 5.75 Å². The number of hydrogen-bond donors (Lipinski definition) is 1. The molecule has 7 heteroatoms. The molecule has 0 fully saturated rings. The van der Waals surface area contributed by atoms with E-state index in [1.165, 1.54) is 0 Å². The van der Waals surface area contributed by atoms with Crippen LogP contribution in [-0.2, 0) is 16.0 Å². The van der Waals surface area contributed by atoms with E-state index in [-0.39, 0.29) is 10.7 Å². The average molecular weight is 252 g/mol. The lowest BCUT2D eigenvalue weighted by Gasteiger charge is -2.07. The van der Waals surface area contributed by atoms with Crippen LogP contribution in [-0.4, -0.2) is 23.2 Å². The number of methoxy groups -OCH3 is 1. The molecule has 0 unspecified atom stereocenters. The van der Waals surface area contributed by atoms with Crippen LogP contribution in [0.5, 0.6) is 5.75 Å². The molecule has 0 spiro atoms. The van der Waals surface area contributed by atoms with E-state index < -0.39 is 30.3 Å². The van der Waals surface area contributed by atoms with E-state index >= 15 is 0 Å². The maximum atomic E-state index is 12.4. The van der Waals surface area contributed by atoms with Gasteiger partial charge in [0.25, 0.3) is 6.43 Å². The van der Waals surface area contributed by atoms with Gasteiger partial charge >= 0.3 is 5.97 Å². The molecule has 0 amide bonds. The number of aromatic nitrogens is 1. The zero-order chi connectivity index (χ0) is 12.3. The van der Waals surface area contributed by atoms with E-state index in [1.54, 1.807) is 0 Å². The molecule has 0 radical (unpaired) electrons. The van der Waals surface area contributed by atoms with Gasteiger partial charge in [0, 0.05) is 0 Å². The number of nitrogens with zero attached hydrogens (tertiary/aromatic N) is 1. The molecule has 1 aromatic heterocycles. The maximum absolute atomic E-state index is 12.4. The Bertz CT molecular complexity index is 412. The van der Waals surface area contributed by atoms with Gasteiger partial charge in [0.2, 0.25) is 0 Å². The van der Waals surface area contributed by atoms with Crippen LogP contribution in [0.25, 0.3) is 0 Å². The molecule has 0 bridgehead atoms. The van der Waals surface area contributed by atoms with E-state index in [4.69, 9.17) is 11.6 Å². The molecular formula is C9H8ClF2NO3. The van der Waals surface area contributed by atoms with E-state index in [0.717, 1.165) is 13.2 Å². The number of ether oxygens (including phenoxy) is 1. The molecule has 1 heterocycles. The third-order valence-corrected chi connectivity index (χ3v) is 2.09. The van der Waals surface area contributed by atoms with Gasteiger partial charge in [-0.25, -0.2) is 13.8 Å². The summed E-state index contributed by atoms with van der Waals surface area (Å²) in [5.74, 6) is -1.19. The van der Waals surface area contributed by atoms with Crippen molar-refractivity contribution in [1.82, 2.24) is 4.98 Å². The highest BCUT2D eigenvalue weighted by atomic mass is 35.5. The van der Waals surface area contributed by atoms with Crippen LogP contribution in [0.4, 0.5) is 8.78 Å². The average Bonchev–Trinajstić information content (AvgIpc) is 2.23. The Labute approximate surface area is 94.8 Å². The van der Waals surface area contributed by atoms with E-state index in [1.807, 2.05) is 0 Å². The molecule has 1 N–H and O–H groups in total. The monoisotopic (exact) mass is 251 g/mol.